The molecular formula is C21H21F3O8S. The van der Waals surface area contributed by atoms with Crippen molar-refractivity contribution in [1.82, 2.24) is 0 Å². The third-order valence-corrected chi connectivity index (χ3v) is 5.79. The van der Waals surface area contributed by atoms with Crippen molar-refractivity contribution < 1.29 is 49.9 Å². The summed E-state index contributed by atoms with van der Waals surface area (Å²) < 4.78 is 82.1. The molecule has 1 fully saturated rings. The number of aliphatic hydroxyl groups excluding tert-OH is 1. The smallest absolute Gasteiger partial charge is 0.455 e. The molecule has 0 amide bonds. The van der Waals surface area contributed by atoms with Crippen LogP contribution < -0.4 is 0 Å². The van der Waals surface area contributed by atoms with E-state index >= 15 is 0 Å². The lowest BCUT2D eigenvalue weighted by atomic mass is 10.1. The Labute approximate surface area is 188 Å². The van der Waals surface area contributed by atoms with E-state index in [1.807, 2.05) is 0 Å². The Kier molecular flexibility index (Phi) is 8.08. The largest absolute Gasteiger partial charge is 0.523 e. The van der Waals surface area contributed by atoms with Gasteiger partial charge in [0, 0.05) is 0 Å². The maximum atomic E-state index is 12.9. The number of alkyl halides is 3. The van der Waals surface area contributed by atoms with Gasteiger partial charge >= 0.3 is 21.6 Å². The van der Waals surface area contributed by atoms with E-state index < -0.39 is 52.6 Å². The van der Waals surface area contributed by atoms with Crippen LogP contribution in [-0.4, -0.2) is 56.0 Å². The Balaban J connectivity index is 1.82. The van der Waals surface area contributed by atoms with Crippen molar-refractivity contribution in [3.8, 4) is 0 Å². The van der Waals surface area contributed by atoms with Crippen molar-refractivity contribution in [3.05, 3.63) is 71.8 Å². The molecular weight excluding hydrogens is 469 g/mol. The molecule has 3 rings (SSSR count). The highest BCUT2D eigenvalue weighted by molar-refractivity contribution is 7.87. The van der Waals surface area contributed by atoms with Gasteiger partial charge in [0.15, 0.2) is 6.10 Å². The van der Waals surface area contributed by atoms with E-state index in [1.165, 1.54) is 0 Å². The molecule has 1 aliphatic heterocycles. The summed E-state index contributed by atoms with van der Waals surface area (Å²) in [4.78, 5) is 12.3. The summed E-state index contributed by atoms with van der Waals surface area (Å²) in [6.45, 7) is -0.895. The lowest BCUT2D eigenvalue weighted by Crippen LogP contribution is -2.45. The highest BCUT2D eigenvalue weighted by atomic mass is 32.2. The second-order valence-electron chi connectivity index (χ2n) is 7.10. The average molecular weight is 490 g/mol. The number of hydrogen-bond donors (Lipinski definition) is 1. The quantitative estimate of drug-likeness (QED) is 0.307. The molecule has 0 aliphatic carbocycles. The van der Waals surface area contributed by atoms with Gasteiger partial charge in [-0.05, 0) is 11.1 Å². The van der Waals surface area contributed by atoms with Crippen LogP contribution in [0.2, 0.25) is 0 Å². The first-order valence-corrected chi connectivity index (χ1v) is 11.1. The Hall–Kier alpha value is -2.51. The summed E-state index contributed by atoms with van der Waals surface area (Å²) in [5.74, 6) is -1.38. The van der Waals surface area contributed by atoms with E-state index in [0.29, 0.717) is 5.56 Å². The lowest BCUT2D eigenvalue weighted by molar-refractivity contribution is -0.155. The summed E-state index contributed by atoms with van der Waals surface area (Å²) in [7, 11) is -6.13. The summed E-state index contributed by atoms with van der Waals surface area (Å²) in [5.41, 5.74) is -4.44. The van der Waals surface area contributed by atoms with Crippen LogP contribution in [-0.2, 0) is 46.5 Å². The normalized spacial score (nSPS) is 22.2. The van der Waals surface area contributed by atoms with Crippen molar-refractivity contribution in [3.63, 3.8) is 0 Å². The van der Waals surface area contributed by atoms with Crippen LogP contribution in [0.15, 0.2) is 60.7 Å². The zero-order chi connectivity index (χ0) is 24.1. The van der Waals surface area contributed by atoms with Crippen LogP contribution in [0.1, 0.15) is 11.1 Å². The number of rotatable bonds is 10. The number of ether oxygens (including phenoxy) is 3. The molecule has 1 N–H and O–H groups in total. The highest BCUT2D eigenvalue weighted by Gasteiger charge is 2.57. The fraction of sp³-hybridized carbons (Fsp3) is 0.381. The maximum Gasteiger partial charge on any atom is 0.523 e. The van der Waals surface area contributed by atoms with Gasteiger partial charge in [0.1, 0.15) is 12.2 Å². The Morgan fingerprint density at radius 1 is 0.970 bits per heavy atom. The van der Waals surface area contributed by atoms with Crippen molar-refractivity contribution in [2.75, 3.05) is 6.61 Å². The Morgan fingerprint density at radius 2 is 1.52 bits per heavy atom. The molecule has 0 unspecified atom stereocenters. The van der Waals surface area contributed by atoms with Gasteiger partial charge in [-0.3, -0.25) is 0 Å². The molecule has 8 nitrogen and oxygen atoms in total. The van der Waals surface area contributed by atoms with Crippen LogP contribution in [0.3, 0.4) is 0 Å². The standard InChI is InChI=1S/C21H21F3O8S/c22-21(23,24)33(27,28)32-19-18(30-13-15-9-5-2-6-10-15)17(31-20(19)26)16(11-25)29-12-14-7-3-1-4-8-14/h1-10,16-19,25H,11-13H2/t16-,17-,18+,19-/m1/s1. The molecule has 180 valence electrons. The molecule has 0 saturated carbocycles. The number of benzene rings is 2. The number of esters is 1. The predicted octanol–water partition coefficient (Wildman–Crippen LogP) is 2.31. The maximum absolute atomic E-state index is 12.9. The van der Waals surface area contributed by atoms with Crippen molar-refractivity contribution in [2.24, 2.45) is 0 Å². The van der Waals surface area contributed by atoms with E-state index in [0.717, 1.165) is 5.56 Å². The van der Waals surface area contributed by atoms with Crippen LogP contribution in [0.4, 0.5) is 13.2 Å². The Morgan fingerprint density at radius 3 is 2.03 bits per heavy atom. The molecule has 0 spiro atoms. The number of hydrogen-bond acceptors (Lipinski definition) is 8. The average Bonchev–Trinajstić information content (AvgIpc) is 3.08. The molecule has 1 aliphatic rings. The molecule has 33 heavy (non-hydrogen) atoms. The van der Waals surface area contributed by atoms with Crippen LogP contribution in [0.25, 0.3) is 0 Å². The van der Waals surface area contributed by atoms with Crippen molar-refractivity contribution in [2.45, 2.75) is 43.1 Å². The molecule has 1 saturated heterocycles. The van der Waals surface area contributed by atoms with Crippen LogP contribution in [0, 0.1) is 0 Å². The fourth-order valence-electron chi connectivity index (χ4n) is 3.13. The zero-order valence-corrected chi connectivity index (χ0v) is 17.9. The molecule has 0 radical (unpaired) electrons. The summed E-state index contributed by atoms with van der Waals surface area (Å²) >= 11 is 0. The highest BCUT2D eigenvalue weighted by Crippen LogP contribution is 2.32. The van der Waals surface area contributed by atoms with Gasteiger partial charge in [0.05, 0.1) is 19.8 Å². The summed E-state index contributed by atoms with van der Waals surface area (Å²) in [6.07, 6.45) is -6.50. The summed E-state index contributed by atoms with van der Waals surface area (Å²) in [6, 6.07) is 17.2. The second-order valence-corrected chi connectivity index (χ2v) is 8.66. The van der Waals surface area contributed by atoms with Crippen LogP contribution in [0.5, 0.6) is 0 Å². The van der Waals surface area contributed by atoms with Gasteiger partial charge in [0.2, 0.25) is 6.10 Å². The fourth-order valence-corrected chi connectivity index (χ4v) is 3.70. The van der Waals surface area contributed by atoms with Gasteiger partial charge in [-0.1, -0.05) is 60.7 Å². The minimum atomic E-state index is -6.13. The summed E-state index contributed by atoms with van der Waals surface area (Å²) in [5, 5.41) is 9.79. The molecule has 2 aromatic rings. The topological polar surface area (TPSA) is 108 Å². The van der Waals surface area contributed by atoms with Crippen molar-refractivity contribution in [1.29, 1.82) is 0 Å². The third kappa shape index (κ3) is 6.30. The van der Waals surface area contributed by atoms with Gasteiger partial charge < -0.3 is 19.3 Å². The number of carbonyl (C=O) groups is 1. The molecule has 0 bridgehead atoms. The van der Waals surface area contributed by atoms with Gasteiger partial charge in [-0.25, -0.2) is 8.98 Å². The first kappa shape index (κ1) is 25.1. The zero-order valence-electron chi connectivity index (χ0n) is 17.1. The Bertz CT molecular complexity index is 1010. The molecule has 2 aromatic carbocycles. The van der Waals surface area contributed by atoms with Crippen LogP contribution >= 0.6 is 0 Å². The number of cyclic esters (lactones) is 1. The minimum absolute atomic E-state index is 0.0160. The van der Waals surface area contributed by atoms with E-state index in [2.05, 4.69) is 4.18 Å². The van der Waals surface area contributed by atoms with Gasteiger partial charge in [0.25, 0.3) is 0 Å². The first-order chi connectivity index (χ1) is 15.6. The molecule has 12 heteroatoms. The predicted molar refractivity (Wildman–Crippen MR) is 107 cm³/mol. The molecule has 4 atom stereocenters. The monoisotopic (exact) mass is 490 g/mol. The lowest BCUT2D eigenvalue weighted by Gasteiger charge is -2.27. The van der Waals surface area contributed by atoms with Gasteiger partial charge in [-0.15, -0.1) is 0 Å². The SMILES string of the molecule is O=C1O[C@H]([C@@H](CO)OCc2ccccc2)[C@H](OCc2ccccc2)[C@H]1OS(=O)(=O)C(F)(F)F. The van der Waals surface area contributed by atoms with E-state index in [9.17, 15) is 31.5 Å². The second kappa shape index (κ2) is 10.6. The number of halogens is 3. The van der Waals surface area contributed by atoms with E-state index in [-0.39, 0.29) is 13.2 Å². The number of aliphatic hydroxyl groups is 1. The molecule has 1 heterocycles. The van der Waals surface area contributed by atoms with E-state index in [4.69, 9.17) is 14.2 Å². The third-order valence-electron chi connectivity index (χ3n) is 4.76. The van der Waals surface area contributed by atoms with Crippen molar-refractivity contribution >= 4 is 16.1 Å². The minimum Gasteiger partial charge on any atom is -0.455 e. The first-order valence-electron chi connectivity index (χ1n) is 9.74. The van der Waals surface area contributed by atoms with E-state index in [1.54, 1.807) is 60.7 Å². The molecule has 0 aromatic heterocycles. The number of carbonyl (C=O) groups excluding carboxylic acids is 1. The van der Waals surface area contributed by atoms with Gasteiger partial charge in [-0.2, -0.15) is 21.6 Å².